The van der Waals surface area contributed by atoms with Gasteiger partial charge in [-0.25, -0.2) is 9.37 Å². The average molecular weight is 443 g/mol. The number of anilines is 1. The molecule has 0 atom stereocenters. The number of hydrogen-bond donors (Lipinski definition) is 1. The van der Waals surface area contributed by atoms with Crippen molar-refractivity contribution in [3.05, 3.63) is 77.7 Å². The quantitative estimate of drug-likeness (QED) is 0.477. The third-order valence-corrected chi connectivity index (χ3v) is 5.77. The fourth-order valence-corrected chi connectivity index (χ4v) is 3.91. The van der Waals surface area contributed by atoms with Crippen molar-refractivity contribution in [2.45, 2.75) is 6.54 Å². The third-order valence-electron chi connectivity index (χ3n) is 5.77. The highest BCUT2D eigenvalue weighted by Crippen LogP contribution is 2.24. The molecule has 2 aromatic heterocycles. The molecular weight excluding hydrogens is 420 g/mol. The zero-order chi connectivity index (χ0) is 22.8. The molecule has 33 heavy (non-hydrogen) atoms. The lowest BCUT2D eigenvalue weighted by atomic mass is 10.0. The summed E-state index contributed by atoms with van der Waals surface area (Å²) < 4.78 is 21.4. The number of aromatic nitrogens is 3. The minimum absolute atomic E-state index is 0.0233. The molecular formula is C24H23BFN5O2. The molecule has 1 aliphatic rings. The van der Waals surface area contributed by atoms with Crippen LogP contribution in [0.2, 0.25) is 0 Å². The molecule has 0 aliphatic carbocycles. The number of nitrogens with zero attached hydrogens (tertiary/aromatic N) is 4. The fourth-order valence-electron chi connectivity index (χ4n) is 3.91. The van der Waals surface area contributed by atoms with E-state index < -0.39 is 0 Å². The van der Waals surface area contributed by atoms with Crippen molar-refractivity contribution < 1.29 is 13.9 Å². The summed E-state index contributed by atoms with van der Waals surface area (Å²) >= 11 is 0. The molecule has 1 N–H and O–H groups in total. The van der Waals surface area contributed by atoms with E-state index in [-0.39, 0.29) is 11.7 Å². The van der Waals surface area contributed by atoms with Crippen molar-refractivity contribution in [1.82, 2.24) is 19.5 Å². The van der Waals surface area contributed by atoms with Gasteiger partial charge in [-0.2, -0.15) is 9.61 Å². The molecule has 7 nitrogen and oxygen atoms in total. The number of carbonyl (C=O) groups is 1. The van der Waals surface area contributed by atoms with E-state index in [1.165, 1.54) is 6.07 Å². The Kier molecular flexibility index (Phi) is 5.79. The Morgan fingerprint density at radius 1 is 1.12 bits per heavy atom. The molecule has 4 aromatic rings. The van der Waals surface area contributed by atoms with E-state index in [1.54, 1.807) is 35.0 Å². The normalized spacial score (nSPS) is 13.9. The van der Waals surface area contributed by atoms with Crippen LogP contribution in [0.1, 0.15) is 15.9 Å². The number of rotatable bonds is 5. The van der Waals surface area contributed by atoms with E-state index in [9.17, 15) is 9.18 Å². The maximum Gasteiger partial charge on any atom is 0.254 e. The number of carbonyl (C=O) groups excluding carboxylic acids is 1. The SMILES string of the molecule is Bc1cnn2c(NCc3ccc(C(=O)N4CCOCC4)cc3)cc(-c3ccccc3F)nc12. The van der Waals surface area contributed by atoms with E-state index in [0.717, 1.165) is 11.0 Å². The number of benzene rings is 2. The second-order valence-electron chi connectivity index (χ2n) is 8.02. The van der Waals surface area contributed by atoms with Gasteiger partial charge in [0.2, 0.25) is 0 Å². The average Bonchev–Trinajstić information content (AvgIpc) is 3.24. The highest BCUT2D eigenvalue weighted by molar-refractivity contribution is 6.36. The van der Waals surface area contributed by atoms with Gasteiger partial charge in [0.25, 0.3) is 5.91 Å². The van der Waals surface area contributed by atoms with Gasteiger partial charge in [-0.3, -0.25) is 4.79 Å². The van der Waals surface area contributed by atoms with Gasteiger partial charge in [-0.15, -0.1) is 0 Å². The summed E-state index contributed by atoms with van der Waals surface area (Å²) in [5.41, 5.74) is 4.23. The number of amides is 1. The molecule has 0 bridgehead atoms. The third kappa shape index (κ3) is 4.32. The van der Waals surface area contributed by atoms with Crippen LogP contribution in [0.15, 0.2) is 60.8 Å². The summed E-state index contributed by atoms with van der Waals surface area (Å²) in [7, 11) is 1.93. The van der Waals surface area contributed by atoms with Crippen LogP contribution in [0.3, 0.4) is 0 Å². The molecule has 5 rings (SSSR count). The van der Waals surface area contributed by atoms with Gasteiger partial charge in [0.15, 0.2) is 5.65 Å². The van der Waals surface area contributed by atoms with Crippen LogP contribution in [0.25, 0.3) is 16.9 Å². The Hall–Kier alpha value is -3.72. The molecule has 166 valence electrons. The highest BCUT2D eigenvalue weighted by Gasteiger charge is 2.18. The predicted molar refractivity (Wildman–Crippen MR) is 127 cm³/mol. The predicted octanol–water partition coefficient (Wildman–Crippen LogP) is 1.88. The topological polar surface area (TPSA) is 71.8 Å². The summed E-state index contributed by atoms with van der Waals surface area (Å²) in [5.74, 6) is 0.410. The van der Waals surface area contributed by atoms with Gasteiger partial charge in [-0.1, -0.05) is 24.3 Å². The van der Waals surface area contributed by atoms with Gasteiger partial charge in [-0.05, 0) is 35.3 Å². The molecule has 0 radical (unpaired) electrons. The van der Waals surface area contributed by atoms with Crippen molar-refractivity contribution in [1.29, 1.82) is 0 Å². The number of fused-ring (bicyclic) bond motifs is 1. The summed E-state index contributed by atoms with van der Waals surface area (Å²) in [5, 5.41) is 7.80. The summed E-state index contributed by atoms with van der Waals surface area (Å²) in [6.45, 7) is 2.91. The molecule has 9 heteroatoms. The smallest absolute Gasteiger partial charge is 0.254 e. The number of nitrogens with one attached hydrogen (secondary N) is 1. The van der Waals surface area contributed by atoms with Gasteiger partial charge >= 0.3 is 0 Å². The van der Waals surface area contributed by atoms with Crippen molar-refractivity contribution in [2.24, 2.45) is 0 Å². The van der Waals surface area contributed by atoms with Crippen molar-refractivity contribution in [3.63, 3.8) is 0 Å². The molecule has 0 unspecified atom stereocenters. The van der Waals surface area contributed by atoms with Gasteiger partial charge < -0.3 is 15.0 Å². The zero-order valence-electron chi connectivity index (χ0n) is 18.3. The number of ether oxygens (including phenoxy) is 1. The fraction of sp³-hybridized carbons (Fsp3) is 0.208. The Morgan fingerprint density at radius 3 is 2.64 bits per heavy atom. The van der Waals surface area contributed by atoms with Crippen LogP contribution < -0.4 is 10.8 Å². The first-order valence-corrected chi connectivity index (χ1v) is 10.9. The largest absolute Gasteiger partial charge is 0.378 e. The van der Waals surface area contributed by atoms with E-state index in [2.05, 4.69) is 15.4 Å². The molecule has 1 amide bonds. The number of hydrogen-bond acceptors (Lipinski definition) is 5. The Labute approximate surface area is 191 Å². The van der Waals surface area contributed by atoms with Crippen LogP contribution in [-0.4, -0.2) is 59.6 Å². The van der Waals surface area contributed by atoms with Crippen molar-refractivity contribution in [3.8, 4) is 11.3 Å². The maximum atomic E-state index is 14.4. The minimum Gasteiger partial charge on any atom is -0.378 e. The van der Waals surface area contributed by atoms with E-state index in [1.807, 2.05) is 37.0 Å². The first-order valence-electron chi connectivity index (χ1n) is 10.9. The van der Waals surface area contributed by atoms with E-state index >= 15 is 0 Å². The summed E-state index contributed by atoms with van der Waals surface area (Å²) in [6, 6.07) is 16.0. The van der Waals surface area contributed by atoms with Crippen LogP contribution in [-0.2, 0) is 11.3 Å². The maximum absolute atomic E-state index is 14.4. The monoisotopic (exact) mass is 443 g/mol. The van der Waals surface area contributed by atoms with Crippen LogP contribution in [0.5, 0.6) is 0 Å². The van der Waals surface area contributed by atoms with Gasteiger partial charge in [0.1, 0.15) is 19.5 Å². The molecule has 1 fully saturated rings. The van der Waals surface area contributed by atoms with Gasteiger partial charge in [0, 0.05) is 43.0 Å². The Balaban J connectivity index is 1.37. The first kappa shape index (κ1) is 21.1. The lowest BCUT2D eigenvalue weighted by Crippen LogP contribution is -2.40. The first-order chi connectivity index (χ1) is 16.1. The summed E-state index contributed by atoms with van der Waals surface area (Å²) in [6.07, 6.45) is 1.74. The van der Waals surface area contributed by atoms with E-state index in [0.29, 0.717) is 61.1 Å². The lowest BCUT2D eigenvalue weighted by Gasteiger charge is -2.26. The highest BCUT2D eigenvalue weighted by atomic mass is 19.1. The number of halogens is 1. The zero-order valence-corrected chi connectivity index (χ0v) is 18.3. The number of morpholine rings is 1. The van der Waals surface area contributed by atoms with Crippen LogP contribution in [0.4, 0.5) is 10.2 Å². The molecule has 1 aliphatic heterocycles. The molecule has 2 aromatic carbocycles. The Bertz CT molecular complexity index is 1300. The van der Waals surface area contributed by atoms with Crippen molar-refractivity contribution in [2.75, 3.05) is 31.6 Å². The molecule has 0 spiro atoms. The second kappa shape index (κ2) is 9.03. The lowest BCUT2D eigenvalue weighted by molar-refractivity contribution is 0.0303. The van der Waals surface area contributed by atoms with Gasteiger partial charge in [0.05, 0.1) is 18.9 Å². The molecule has 1 saturated heterocycles. The standard InChI is InChI=1S/C24H23BFN5O2/c25-19-15-28-31-22(13-21(29-23(19)31)18-3-1-2-4-20(18)26)27-14-16-5-7-17(8-6-16)24(32)30-9-11-33-12-10-30/h1-8,13,15,27H,9-12,14,25H2. The Morgan fingerprint density at radius 2 is 1.88 bits per heavy atom. The summed E-state index contributed by atoms with van der Waals surface area (Å²) in [4.78, 5) is 19.1. The second-order valence-corrected chi connectivity index (χ2v) is 8.02. The van der Waals surface area contributed by atoms with Crippen LogP contribution in [0, 0.1) is 5.82 Å². The molecule has 0 saturated carbocycles. The minimum atomic E-state index is -0.321. The van der Waals surface area contributed by atoms with Crippen molar-refractivity contribution >= 4 is 30.7 Å². The molecule has 3 heterocycles. The van der Waals surface area contributed by atoms with E-state index in [4.69, 9.17) is 4.74 Å². The van der Waals surface area contributed by atoms with Crippen LogP contribution >= 0.6 is 0 Å².